The first-order chi connectivity index (χ1) is 13.6. The standard InChI is InChI=1S/C22H38N4O2.HI/c1-6-23-22(25-16-19(26(4)5)18-10-11-18)24-14-13-17-9-12-20(27-7-2)21(15-17)28-8-3;/h9,12,15,18-19H,6-8,10-11,13-14,16H2,1-5H3,(H2,23,24,25);1H. The van der Waals surface area contributed by atoms with E-state index in [-0.39, 0.29) is 24.0 Å². The molecule has 2 N–H and O–H groups in total. The first-order valence-electron chi connectivity index (χ1n) is 10.7. The summed E-state index contributed by atoms with van der Waals surface area (Å²) in [6.45, 7) is 9.87. The number of nitrogens with one attached hydrogen (secondary N) is 2. The van der Waals surface area contributed by atoms with Gasteiger partial charge in [0.25, 0.3) is 0 Å². The molecule has 0 amide bonds. The highest BCUT2D eigenvalue weighted by Crippen LogP contribution is 2.34. The summed E-state index contributed by atoms with van der Waals surface area (Å²) in [4.78, 5) is 7.13. The van der Waals surface area contributed by atoms with Crippen molar-refractivity contribution in [1.82, 2.24) is 15.5 Å². The Morgan fingerprint density at radius 2 is 1.79 bits per heavy atom. The van der Waals surface area contributed by atoms with Gasteiger partial charge in [-0.25, -0.2) is 0 Å². The van der Waals surface area contributed by atoms with Gasteiger partial charge in [-0.3, -0.25) is 4.99 Å². The fraction of sp³-hybridized carbons (Fsp3) is 0.682. The van der Waals surface area contributed by atoms with Gasteiger partial charge in [0.05, 0.1) is 19.8 Å². The molecule has 7 heteroatoms. The van der Waals surface area contributed by atoms with Crippen LogP contribution in [0.2, 0.25) is 0 Å². The number of guanidine groups is 1. The van der Waals surface area contributed by atoms with Crippen LogP contribution < -0.4 is 20.1 Å². The van der Waals surface area contributed by atoms with E-state index in [1.807, 2.05) is 19.9 Å². The topological polar surface area (TPSA) is 58.1 Å². The largest absolute Gasteiger partial charge is 0.490 e. The maximum absolute atomic E-state index is 5.73. The van der Waals surface area contributed by atoms with Gasteiger partial charge >= 0.3 is 0 Å². The summed E-state index contributed by atoms with van der Waals surface area (Å²) >= 11 is 0. The van der Waals surface area contributed by atoms with Gasteiger partial charge in [-0.2, -0.15) is 0 Å². The molecule has 1 aliphatic rings. The molecule has 0 bridgehead atoms. The van der Waals surface area contributed by atoms with Gasteiger partial charge in [0, 0.05) is 19.1 Å². The van der Waals surface area contributed by atoms with E-state index >= 15 is 0 Å². The van der Waals surface area contributed by atoms with E-state index in [1.54, 1.807) is 0 Å². The van der Waals surface area contributed by atoms with Crippen LogP contribution >= 0.6 is 24.0 Å². The predicted octanol–water partition coefficient (Wildman–Crippen LogP) is 3.54. The molecule has 1 atom stereocenters. The van der Waals surface area contributed by atoms with Gasteiger partial charge in [-0.15, -0.1) is 24.0 Å². The molecule has 0 spiro atoms. The van der Waals surface area contributed by atoms with Crippen LogP contribution in [0.4, 0.5) is 0 Å². The Morgan fingerprint density at radius 3 is 2.38 bits per heavy atom. The number of halogens is 1. The van der Waals surface area contributed by atoms with Gasteiger partial charge in [0.1, 0.15) is 0 Å². The van der Waals surface area contributed by atoms with Gasteiger partial charge in [0.15, 0.2) is 17.5 Å². The molecule has 0 aliphatic heterocycles. The Hall–Kier alpha value is -1.22. The molecule has 1 saturated carbocycles. The third kappa shape index (κ3) is 8.99. The second kappa shape index (κ2) is 13.9. The number of hydrogen-bond acceptors (Lipinski definition) is 4. The summed E-state index contributed by atoms with van der Waals surface area (Å²) in [7, 11) is 4.31. The van der Waals surface area contributed by atoms with Crippen molar-refractivity contribution in [3.8, 4) is 11.5 Å². The number of ether oxygens (including phenoxy) is 2. The number of benzene rings is 1. The molecule has 0 heterocycles. The number of nitrogens with zero attached hydrogens (tertiary/aromatic N) is 2. The van der Waals surface area contributed by atoms with Crippen molar-refractivity contribution >= 4 is 29.9 Å². The van der Waals surface area contributed by atoms with Crippen LogP contribution in [0.15, 0.2) is 23.2 Å². The second-order valence-electron chi connectivity index (χ2n) is 7.41. The quantitative estimate of drug-likeness (QED) is 0.252. The first kappa shape index (κ1) is 25.8. The minimum Gasteiger partial charge on any atom is -0.490 e. The van der Waals surface area contributed by atoms with Crippen molar-refractivity contribution in [2.45, 2.75) is 46.1 Å². The number of aliphatic imine (C=N–C) groups is 1. The van der Waals surface area contributed by atoms with Crippen molar-refractivity contribution < 1.29 is 9.47 Å². The first-order valence-corrected chi connectivity index (χ1v) is 10.7. The molecule has 1 aliphatic carbocycles. The Morgan fingerprint density at radius 1 is 1.10 bits per heavy atom. The molecule has 1 aromatic carbocycles. The van der Waals surface area contributed by atoms with Gasteiger partial charge in [-0.05, 0) is 77.7 Å². The maximum atomic E-state index is 5.73. The van der Waals surface area contributed by atoms with Crippen molar-refractivity contribution in [3.63, 3.8) is 0 Å². The Balaban J connectivity index is 0.00000420. The highest BCUT2D eigenvalue weighted by molar-refractivity contribution is 14.0. The summed E-state index contributed by atoms with van der Waals surface area (Å²) in [5.41, 5.74) is 1.22. The fourth-order valence-corrected chi connectivity index (χ4v) is 3.32. The van der Waals surface area contributed by atoms with E-state index in [4.69, 9.17) is 14.5 Å². The van der Waals surface area contributed by atoms with E-state index in [1.165, 1.54) is 18.4 Å². The summed E-state index contributed by atoms with van der Waals surface area (Å²) in [6.07, 6.45) is 3.57. The Bertz CT molecular complexity index is 619. The molecule has 6 nitrogen and oxygen atoms in total. The lowest BCUT2D eigenvalue weighted by Gasteiger charge is -2.23. The van der Waals surface area contributed by atoms with Crippen LogP contribution in [0.1, 0.15) is 39.2 Å². The van der Waals surface area contributed by atoms with Crippen molar-refractivity contribution in [1.29, 1.82) is 0 Å². The molecular formula is C22H39IN4O2. The lowest BCUT2D eigenvalue weighted by Crippen LogP contribution is -2.40. The zero-order chi connectivity index (χ0) is 20.4. The van der Waals surface area contributed by atoms with E-state index in [0.29, 0.717) is 19.3 Å². The number of rotatable bonds is 12. The van der Waals surface area contributed by atoms with Crippen LogP contribution in [-0.4, -0.2) is 63.8 Å². The predicted molar refractivity (Wildman–Crippen MR) is 132 cm³/mol. The van der Waals surface area contributed by atoms with E-state index < -0.39 is 0 Å². The number of likely N-dealkylation sites (N-methyl/N-ethyl adjacent to an activating group) is 1. The zero-order valence-corrected chi connectivity index (χ0v) is 21.0. The summed E-state index contributed by atoms with van der Waals surface area (Å²) < 4.78 is 11.4. The van der Waals surface area contributed by atoms with Gasteiger partial charge in [-0.1, -0.05) is 6.07 Å². The second-order valence-corrected chi connectivity index (χ2v) is 7.41. The molecule has 0 aromatic heterocycles. The van der Waals surface area contributed by atoms with Gasteiger partial charge < -0.3 is 25.0 Å². The van der Waals surface area contributed by atoms with Crippen molar-refractivity contribution in [2.75, 3.05) is 46.9 Å². The van der Waals surface area contributed by atoms with Crippen LogP contribution in [0, 0.1) is 5.92 Å². The Kier molecular flexibility index (Phi) is 12.4. The minimum atomic E-state index is 0. The normalized spacial score (nSPS) is 14.9. The molecule has 0 radical (unpaired) electrons. The maximum Gasteiger partial charge on any atom is 0.191 e. The minimum absolute atomic E-state index is 0. The monoisotopic (exact) mass is 518 g/mol. The SMILES string of the molecule is CCNC(=NCC(C1CC1)N(C)C)NCCc1ccc(OCC)c(OCC)c1.I. The molecule has 1 unspecified atom stereocenters. The lowest BCUT2D eigenvalue weighted by atomic mass is 10.1. The van der Waals surface area contributed by atoms with Crippen molar-refractivity contribution in [3.05, 3.63) is 23.8 Å². The summed E-state index contributed by atoms with van der Waals surface area (Å²) in [6, 6.07) is 6.72. The fourth-order valence-electron chi connectivity index (χ4n) is 3.32. The van der Waals surface area contributed by atoms with E-state index in [9.17, 15) is 0 Å². The molecule has 29 heavy (non-hydrogen) atoms. The summed E-state index contributed by atoms with van der Waals surface area (Å²) in [5, 5.41) is 6.82. The lowest BCUT2D eigenvalue weighted by molar-refractivity contribution is 0.271. The molecule has 2 rings (SSSR count). The summed E-state index contributed by atoms with van der Waals surface area (Å²) in [5.74, 6) is 3.33. The molecule has 1 aromatic rings. The average Bonchev–Trinajstić information content (AvgIpc) is 3.49. The van der Waals surface area contributed by atoms with Crippen LogP contribution in [-0.2, 0) is 6.42 Å². The van der Waals surface area contributed by atoms with E-state index in [0.717, 1.165) is 49.4 Å². The third-order valence-corrected chi connectivity index (χ3v) is 4.92. The highest BCUT2D eigenvalue weighted by atomic mass is 127. The number of hydrogen-bond donors (Lipinski definition) is 2. The Labute approximate surface area is 193 Å². The smallest absolute Gasteiger partial charge is 0.191 e. The molecular weight excluding hydrogens is 479 g/mol. The van der Waals surface area contributed by atoms with Crippen molar-refractivity contribution in [2.24, 2.45) is 10.9 Å². The average molecular weight is 518 g/mol. The third-order valence-electron chi connectivity index (χ3n) is 4.92. The molecule has 1 fully saturated rings. The highest BCUT2D eigenvalue weighted by Gasteiger charge is 2.32. The van der Waals surface area contributed by atoms with E-state index in [2.05, 4.69) is 48.7 Å². The zero-order valence-electron chi connectivity index (χ0n) is 18.7. The van der Waals surface area contributed by atoms with Gasteiger partial charge in [0.2, 0.25) is 0 Å². The van der Waals surface area contributed by atoms with Crippen LogP contribution in [0.25, 0.3) is 0 Å². The van der Waals surface area contributed by atoms with Crippen LogP contribution in [0.5, 0.6) is 11.5 Å². The van der Waals surface area contributed by atoms with Crippen LogP contribution in [0.3, 0.4) is 0 Å². The molecule has 166 valence electrons. The molecule has 0 saturated heterocycles.